The van der Waals surface area contributed by atoms with Gasteiger partial charge in [-0.2, -0.15) is 0 Å². The quantitative estimate of drug-likeness (QED) is 0.934. The number of carbonyl (C=O) groups excluding carboxylic acids is 2. The third-order valence-corrected chi connectivity index (χ3v) is 3.61. The lowest BCUT2D eigenvalue weighted by Crippen LogP contribution is -2.21. The van der Waals surface area contributed by atoms with Crippen LogP contribution < -0.4 is 5.32 Å². The highest BCUT2D eigenvalue weighted by Gasteiger charge is 2.11. The minimum atomic E-state index is -0.185. The van der Waals surface area contributed by atoms with Crippen LogP contribution in [0.5, 0.6) is 0 Å². The predicted octanol–water partition coefficient (Wildman–Crippen LogP) is 3.76. The van der Waals surface area contributed by atoms with E-state index in [1.807, 2.05) is 24.3 Å². The van der Waals surface area contributed by atoms with Crippen molar-refractivity contribution in [3.05, 3.63) is 65.2 Å². The van der Waals surface area contributed by atoms with E-state index in [-0.39, 0.29) is 11.8 Å². The SMILES string of the molecule is CC(C)c1ccc(C(=O)Nc2cccc(C(=O)N(C)C)c2)cc1. The van der Waals surface area contributed by atoms with Crippen molar-refractivity contribution in [3.63, 3.8) is 0 Å². The maximum Gasteiger partial charge on any atom is 0.255 e. The second-order valence-corrected chi connectivity index (χ2v) is 6.01. The van der Waals surface area contributed by atoms with Crippen molar-refractivity contribution in [2.75, 3.05) is 19.4 Å². The number of benzene rings is 2. The Balaban J connectivity index is 2.14. The maximum absolute atomic E-state index is 12.3. The molecule has 0 spiro atoms. The van der Waals surface area contributed by atoms with Gasteiger partial charge >= 0.3 is 0 Å². The summed E-state index contributed by atoms with van der Waals surface area (Å²) in [7, 11) is 3.40. The molecule has 0 heterocycles. The number of hydrogen-bond donors (Lipinski definition) is 1. The minimum Gasteiger partial charge on any atom is -0.345 e. The molecule has 0 saturated heterocycles. The summed E-state index contributed by atoms with van der Waals surface area (Å²) in [6, 6.07) is 14.5. The highest BCUT2D eigenvalue weighted by atomic mass is 16.2. The van der Waals surface area contributed by atoms with Gasteiger partial charge < -0.3 is 10.2 Å². The van der Waals surface area contributed by atoms with Crippen LogP contribution in [0.3, 0.4) is 0 Å². The Morgan fingerprint density at radius 1 is 0.957 bits per heavy atom. The molecule has 0 radical (unpaired) electrons. The van der Waals surface area contributed by atoms with Gasteiger partial charge in [-0.05, 0) is 41.8 Å². The molecule has 2 aromatic rings. The Bertz CT molecular complexity index is 704. The summed E-state index contributed by atoms with van der Waals surface area (Å²) in [6.45, 7) is 4.23. The van der Waals surface area contributed by atoms with Crippen molar-refractivity contribution in [2.24, 2.45) is 0 Å². The van der Waals surface area contributed by atoms with Gasteiger partial charge in [-0.15, -0.1) is 0 Å². The molecule has 0 bridgehead atoms. The van der Waals surface area contributed by atoms with Gasteiger partial charge in [0.2, 0.25) is 0 Å². The minimum absolute atomic E-state index is 0.0950. The first-order valence-corrected chi connectivity index (χ1v) is 7.61. The number of nitrogens with one attached hydrogen (secondary N) is 1. The van der Waals surface area contributed by atoms with Crippen molar-refractivity contribution in [2.45, 2.75) is 19.8 Å². The van der Waals surface area contributed by atoms with E-state index in [4.69, 9.17) is 0 Å². The molecule has 0 aliphatic carbocycles. The first-order chi connectivity index (χ1) is 10.9. The molecular weight excluding hydrogens is 288 g/mol. The van der Waals surface area contributed by atoms with Gasteiger partial charge in [-0.3, -0.25) is 9.59 Å². The zero-order valence-electron chi connectivity index (χ0n) is 14.0. The molecule has 0 aliphatic rings. The highest BCUT2D eigenvalue weighted by Crippen LogP contribution is 2.17. The van der Waals surface area contributed by atoms with Crippen LogP contribution in [0.4, 0.5) is 5.69 Å². The predicted molar refractivity (Wildman–Crippen MR) is 92.9 cm³/mol. The summed E-state index contributed by atoms with van der Waals surface area (Å²) >= 11 is 0. The number of carbonyl (C=O) groups is 2. The van der Waals surface area contributed by atoms with E-state index >= 15 is 0 Å². The van der Waals surface area contributed by atoms with E-state index in [0.29, 0.717) is 22.7 Å². The third kappa shape index (κ3) is 4.19. The van der Waals surface area contributed by atoms with Crippen LogP contribution in [0, 0.1) is 0 Å². The fourth-order valence-electron chi connectivity index (χ4n) is 2.21. The molecule has 0 fully saturated rings. The van der Waals surface area contributed by atoms with Gasteiger partial charge in [0, 0.05) is 30.9 Å². The van der Waals surface area contributed by atoms with Crippen molar-refractivity contribution in [3.8, 4) is 0 Å². The fourth-order valence-corrected chi connectivity index (χ4v) is 2.21. The molecule has 2 aromatic carbocycles. The second-order valence-electron chi connectivity index (χ2n) is 6.01. The van der Waals surface area contributed by atoms with E-state index < -0.39 is 0 Å². The number of amides is 2. The Hall–Kier alpha value is -2.62. The Labute approximate surface area is 137 Å². The monoisotopic (exact) mass is 310 g/mol. The molecule has 1 N–H and O–H groups in total. The van der Waals surface area contributed by atoms with Crippen molar-refractivity contribution in [1.29, 1.82) is 0 Å². The molecule has 2 rings (SSSR count). The zero-order valence-corrected chi connectivity index (χ0v) is 14.0. The van der Waals surface area contributed by atoms with E-state index in [1.165, 1.54) is 10.5 Å². The van der Waals surface area contributed by atoms with Gasteiger partial charge in [0.15, 0.2) is 0 Å². The Morgan fingerprint density at radius 3 is 2.17 bits per heavy atom. The average Bonchev–Trinajstić information content (AvgIpc) is 2.54. The molecule has 4 nitrogen and oxygen atoms in total. The lowest BCUT2D eigenvalue weighted by atomic mass is 10.0. The van der Waals surface area contributed by atoms with Crippen LogP contribution in [0.15, 0.2) is 48.5 Å². The van der Waals surface area contributed by atoms with Gasteiger partial charge in [0.1, 0.15) is 0 Å². The highest BCUT2D eigenvalue weighted by molar-refractivity contribution is 6.05. The third-order valence-electron chi connectivity index (χ3n) is 3.61. The first kappa shape index (κ1) is 16.7. The molecule has 0 aliphatic heterocycles. The topological polar surface area (TPSA) is 49.4 Å². The molecule has 4 heteroatoms. The lowest BCUT2D eigenvalue weighted by molar-refractivity contribution is 0.0827. The summed E-state index contributed by atoms with van der Waals surface area (Å²) < 4.78 is 0. The van der Waals surface area contributed by atoms with Crippen molar-refractivity contribution in [1.82, 2.24) is 4.90 Å². The van der Waals surface area contributed by atoms with Gasteiger partial charge in [-0.25, -0.2) is 0 Å². The van der Waals surface area contributed by atoms with E-state index in [1.54, 1.807) is 38.4 Å². The Morgan fingerprint density at radius 2 is 1.61 bits per heavy atom. The largest absolute Gasteiger partial charge is 0.345 e. The van der Waals surface area contributed by atoms with Crippen LogP contribution in [0.25, 0.3) is 0 Å². The lowest BCUT2D eigenvalue weighted by Gasteiger charge is -2.12. The molecule has 0 aromatic heterocycles. The molecule has 2 amide bonds. The summed E-state index contributed by atoms with van der Waals surface area (Å²) in [5, 5.41) is 2.83. The van der Waals surface area contributed by atoms with Crippen LogP contribution >= 0.6 is 0 Å². The molecule has 0 unspecified atom stereocenters. The molecular formula is C19H22N2O2. The molecule has 0 atom stereocenters. The van der Waals surface area contributed by atoms with Crippen LogP contribution in [-0.2, 0) is 0 Å². The summed E-state index contributed by atoms with van der Waals surface area (Å²) in [4.78, 5) is 25.8. The molecule has 23 heavy (non-hydrogen) atoms. The van der Waals surface area contributed by atoms with Gasteiger partial charge in [0.05, 0.1) is 0 Å². The van der Waals surface area contributed by atoms with E-state index in [0.717, 1.165) is 0 Å². The number of rotatable bonds is 4. The van der Waals surface area contributed by atoms with Gasteiger partial charge in [0.25, 0.3) is 11.8 Å². The maximum atomic E-state index is 12.3. The second kappa shape index (κ2) is 7.09. The van der Waals surface area contributed by atoms with Gasteiger partial charge in [-0.1, -0.05) is 32.0 Å². The standard InChI is InChI=1S/C19H22N2O2/c1-13(2)14-8-10-15(11-9-14)18(22)20-17-7-5-6-16(12-17)19(23)21(3)4/h5-13H,1-4H3,(H,20,22). The number of hydrogen-bond acceptors (Lipinski definition) is 2. The first-order valence-electron chi connectivity index (χ1n) is 7.61. The fraction of sp³-hybridized carbons (Fsp3) is 0.263. The Kier molecular flexibility index (Phi) is 5.16. The number of nitrogens with zero attached hydrogens (tertiary/aromatic N) is 1. The van der Waals surface area contributed by atoms with Crippen molar-refractivity contribution >= 4 is 17.5 Å². The number of anilines is 1. The summed E-state index contributed by atoms with van der Waals surface area (Å²) in [5.41, 5.74) is 2.94. The summed E-state index contributed by atoms with van der Waals surface area (Å²) in [6.07, 6.45) is 0. The van der Waals surface area contributed by atoms with E-state index in [9.17, 15) is 9.59 Å². The van der Waals surface area contributed by atoms with Crippen molar-refractivity contribution < 1.29 is 9.59 Å². The molecule has 120 valence electrons. The summed E-state index contributed by atoms with van der Waals surface area (Å²) in [5.74, 6) is 0.151. The van der Waals surface area contributed by atoms with Crippen LogP contribution in [0.1, 0.15) is 46.0 Å². The molecule has 0 saturated carbocycles. The average molecular weight is 310 g/mol. The smallest absolute Gasteiger partial charge is 0.255 e. The normalized spacial score (nSPS) is 10.5. The van der Waals surface area contributed by atoms with Crippen LogP contribution in [-0.4, -0.2) is 30.8 Å². The van der Waals surface area contributed by atoms with E-state index in [2.05, 4.69) is 19.2 Å². The zero-order chi connectivity index (χ0) is 17.0. The van der Waals surface area contributed by atoms with Crippen LogP contribution in [0.2, 0.25) is 0 Å².